The lowest BCUT2D eigenvalue weighted by molar-refractivity contribution is -0.154. The Bertz CT molecular complexity index is 1360. The van der Waals surface area contributed by atoms with Crippen molar-refractivity contribution in [2.45, 2.75) is 219 Å². The topological polar surface area (TPSA) is 155 Å². The molecule has 10 nitrogen and oxygen atoms in total. The van der Waals surface area contributed by atoms with Gasteiger partial charge in [-0.3, -0.25) is 18.6 Å². The first-order valence-corrected chi connectivity index (χ1v) is 27.1. The molecule has 0 rings (SSSR count). The maximum Gasteiger partial charge on any atom is 0.472 e. The Morgan fingerprint density at radius 2 is 0.892 bits per heavy atom. The number of aliphatic carboxylic acids is 1. The number of unbranched alkanes of at least 4 members (excludes halogenated alkanes) is 20. The molecular formula is C54H94NO9P. The van der Waals surface area contributed by atoms with E-state index in [0.717, 1.165) is 96.3 Å². The van der Waals surface area contributed by atoms with Crippen molar-refractivity contribution in [1.82, 2.24) is 0 Å². The summed E-state index contributed by atoms with van der Waals surface area (Å²) < 4.78 is 33.5. The van der Waals surface area contributed by atoms with Gasteiger partial charge in [-0.05, 0) is 89.9 Å². The fourth-order valence-corrected chi connectivity index (χ4v) is 7.50. The largest absolute Gasteiger partial charge is 0.480 e. The Hall–Kier alpha value is -2.85. The Morgan fingerprint density at radius 1 is 0.508 bits per heavy atom. The fourth-order valence-electron chi connectivity index (χ4n) is 6.72. The third-order valence-electron chi connectivity index (χ3n) is 10.7. The van der Waals surface area contributed by atoms with Crippen molar-refractivity contribution in [3.05, 3.63) is 85.1 Å². The van der Waals surface area contributed by atoms with Crippen molar-refractivity contribution in [3.63, 3.8) is 0 Å². The van der Waals surface area contributed by atoms with Crippen LogP contribution in [0, 0.1) is 0 Å². The molecule has 3 unspecified atom stereocenters. The molecule has 0 aromatic heterocycles. The summed E-state index contributed by atoms with van der Waals surface area (Å²) >= 11 is 0. The second-order valence-electron chi connectivity index (χ2n) is 16.9. The van der Waals surface area contributed by atoms with E-state index in [1.54, 1.807) is 0 Å². The van der Waals surface area contributed by atoms with Gasteiger partial charge in [-0.2, -0.15) is 0 Å². The molecule has 0 saturated carbocycles. The summed E-state index contributed by atoms with van der Waals surface area (Å²) in [6.07, 6.45) is 63.5. The molecule has 0 aliphatic rings. The van der Waals surface area contributed by atoms with Crippen LogP contribution in [0.25, 0.3) is 0 Å². The molecule has 0 aliphatic heterocycles. The smallest absolute Gasteiger partial charge is 0.472 e. The van der Waals surface area contributed by atoms with E-state index in [2.05, 4.69) is 98.9 Å². The predicted molar refractivity (Wildman–Crippen MR) is 272 cm³/mol. The average Bonchev–Trinajstić information content (AvgIpc) is 3.29. The number of esters is 1. The van der Waals surface area contributed by atoms with Gasteiger partial charge >= 0.3 is 19.8 Å². The highest BCUT2D eigenvalue weighted by atomic mass is 31.2. The van der Waals surface area contributed by atoms with Crippen molar-refractivity contribution >= 4 is 19.8 Å². The molecule has 374 valence electrons. The summed E-state index contributed by atoms with van der Waals surface area (Å²) in [6, 6.07) is -1.48. The van der Waals surface area contributed by atoms with Gasteiger partial charge in [0, 0.05) is 13.0 Å². The van der Waals surface area contributed by atoms with E-state index in [-0.39, 0.29) is 13.0 Å². The van der Waals surface area contributed by atoms with Crippen LogP contribution in [-0.4, -0.2) is 60.5 Å². The number of hydrogen-bond donors (Lipinski definition) is 3. The summed E-state index contributed by atoms with van der Waals surface area (Å²) in [5.41, 5.74) is 5.37. The van der Waals surface area contributed by atoms with Crippen LogP contribution in [0.1, 0.15) is 206 Å². The average molecular weight is 932 g/mol. The molecule has 0 aromatic carbocycles. The van der Waals surface area contributed by atoms with Crippen molar-refractivity contribution in [2.75, 3.05) is 26.4 Å². The van der Waals surface area contributed by atoms with Crippen molar-refractivity contribution in [1.29, 1.82) is 0 Å². The van der Waals surface area contributed by atoms with Gasteiger partial charge in [-0.25, -0.2) is 4.57 Å². The summed E-state index contributed by atoms with van der Waals surface area (Å²) in [7, 11) is -4.63. The van der Waals surface area contributed by atoms with Gasteiger partial charge in [0.05, 0.1) is 19.8 Å². The minimum absolute atomic E-state index is 0.00144. The number of carboxylic acid groups (broad SMARTS) is 1. The maximum atomic E-state index is 12.7. The van der Waals surface area contributed by atoms with Crippen LogP contribution in [0.15, 0.2) is 85.1 Å². The van der Waals surface area contributed by atoms with E-state index >= 15 is 0 Å². The molecule has 0 spiro atoms. The number of allylic oxidation sites excluding steroid dienone is 14. The molecule has 0 radical (unpaired) electrons. The molecule has 4 N–H and O–H groups in total. The summed E-state index contributed by atoms with van der Waals surface area (Å²) in [4.78, 5) is 33.7. The number of phosphoric ester groups is 1. The van der Waals surface area contributed by atoms with Gasteiger partial charge < -0.3 is 25.2 Å². The zero-order chi connectivity index (χ0) is 47.6. The number of hydrogen-bond acceptors (Lipinski definition) is 8. The molecule has 3 atom stereocenters. The second-order valence-corrected chi connectivity index (χ2v) is 18.4. The first-order chi connectivity index (χ1) is 31.7. The first-order valence-electron chi connectivity index (χ1n) is 25.6. The molecule has 0 aliphatic carbocycles. The monoisotopic (exact) mass is 932 g/mol. The number of carboxylic acids is 1. The highest BCUT2D eigenvalue weighted by Crippen LogP contribution is 2.43. The predicted octanol–water partition coefficient (Wildman–Crippen LogP) is 15.1. The number of nitrogens with two attached hydrogens (primary N) is 1. The Morgan fingerprint density at radius 3 is 1.35 bits per heavy atom. The zero-order valence-electron chi connectivity index (χ0n) is 41.1. The van der Waals surface area contributed by atoms with Crippen molar-refractivity contribution in [3.8, 4) is 0 Å². The lowest BCUT2D eigenvalue weighted by Crippen LogP contribution is -2.34. The minimum atomic E-state index is -4.63. The van der Waals surface area contributed by atoms with Gasteiger partial charge in [0.2, 0.25) is 0 Å². The van der Waals surface area contributed by atoms with Gasteiger partial charge in [0.25, 0.3) is 0 Å². The lowest BCUT2D eigenvalue weighted by atomic mass is 10.1. The van der Waals surface area contributed by atoms with E-state index in [0.29, 0.717) is 13.0 Å². The Labute approximate surface area is 397 Å². The number of carbonyl (C=O) groups is 2. The van der Waals surface area contributed by atoms with Crippen LogP contribution in [0.4, 0.5) is 0 Å². The SMILES string of the molecule is CC/C=C\C/C=C\C/C=C\C/C=C\C/C=C\C/C=C\CCCCCCCOCC(COP(=O)(O)OCC(N)C(=O)O)OC(=O)CCCCCCCCCCC/C=C\CCCCCCCC. The van der Waals surface area contributed by atoms with Crippen molar-refractivity contribution in [2.24, 2.45) is 5.73 Å². The number of phosphoric acid groups is 1. The summed E-state index contributed by atoms with van der Waals surface area (Å²) in [5.74, 6) is -1.79. The maximum absolute atomic E-state index is 12.7. The first kappa shape index (κ1) is 62.1. The quantitative estimate of drug-likeness (QED) is 0.0232. The minimum Gasteiger partial charge on any atom is -0.480 e. The van der Waals surface area contributed by atoms with Gasteiger partial charge in [0.1, 0.15) is 12.1 Å². The summed E-state index contributed by atoms with van der Waals surface area (Å²) in [6.45, 7) is 3.72. The van der Waals surface area contributed by atoms with Crippen molar-refractivity contribution < 1.29 is 42.7 Å². The molecule has 0 amide bonds. The molecular weight excluding hydrogens is 838 g/mol. The van der Waals surface area contributed by atoms with Crippen LogP contribution in [0.3, 0.4) is 0 Å². The highest BCUT2D eigenvalue weighted by molar-refractivity contribution is 7.47. The third-order valence-corrected chi connectivity index (χ3v) is 11.6. The van der Waals surface area contributed by atoms with Crippen LogP contribution in [0.2, 0.25) is 0 Å². The van der Waals surface area contributed by atoms with E-state index < -0.39 is 45.1 Å². The molecule has 65 heavy (non-hydrogen) atoms. The fraction of sp³-hybridized carbons (Fsp3) is 0.704. The zero-order valence-corrected chi connectivity index (χ0v) is 42.0. The molecule has 0 fully saturated rings. The molecule has 0 heterocycles. The van der Waals surface area contributed by atoms with Gasteiger partial charge in [-0.15, -0.1) is 0 Å². The van der Waals surface area contributed by atoms with Gasteiger partial charge in [0.15, 0.2) is 0 Å². The molecule has 0 saturated heterocycles. The van der Waals surface area contributed by atoms with E-state index in [4.69, 9.17) is 29.4 Å². The standard InChI is InChI=1S/C54H94NO9P/c1-3-5-7-9-11-13-15-17-19-21-23-24-25-26-27-29-31-33-35-37-39-41-43-45-47-61-48-51(49-62-65(59,60)63-50-52(55)54(57)58)64-53(56)46-44-42-40-38-36-34-32-30-28-22-20-18-16-14-12-10-8-6-4-2/h5,7,11,13,17-20,23-24,26-27,31,33,51-52H,3-4,6,8-10,12,14-16,21-22,25,28-30,32,34-50,55H2,1-2H3,(H,57,58)(H,59,60)/b7-5-,13-11-,19-17-,20-18-,24-23-,27-26-,33-31-. The van der Waals surface area contributed by atoms with Crippen LogP contribution < -0.4 is 5.73 Å². The van der Waals surface area contributed by atoms with E-state index in [9.17, 15) is 19.0 Å². The van der Waals surface area contributed by atoms with E-state index in [1.165, 1.54) is 83.5 Å². The Kier molecular flexibility index (Phi) is 46.9. The summed E-state index contributed by atoms with van der Waals surface area (Å²) in [5, 5.41) is 8.93. The third kappa shape index (κ3) is 48.9. The van der Waals surface area contributed by atoms with Crippen LogP contribution in [-0.2, 0) is 32.7 Å². The van der Waals surface area contributed by atoms with E-state index in [1.807, 2.05) is 0 Å². The normalized spacial score (nSPS) is 14.4. The van der Waals surface area contributed by atoms with Crippen LogP contribution in [0.5, 0.6) is 0 Å². The van der Waals surface area contributed by atoms with Crippen LogP contribution >= 0.6 is 7.82 Å². The highest BCUT2D eigenvalue weighted by Gasteiger charge is 2.27. The number of carbonyl (C=O) groups excluding carboxylic acids is 1. The second kappa shape index (κ2) is 49.1. The Balaban J connectivity index is 4.22. The number of rotatable bonds is 48. The molecule has 11 heteroatoms. The number of ether oxygens (including phenoxy) is 2. The lowest BCUT2D eigenvalue weighted by Gasteiger charge is -2.20. The molecule has 0 bridgehead atoms. The molecule has 0 aromatic rings. The van der Waals surface area contributed by atoms with Gasteiger partial charge in [-0.1, -0.05) is 195 Å².